The molecule has 0 aromatic heterocycles. The van der Waals surface area contributed by atoms with Gasteiger partial charge in [0.05, 0.1) is 39.6 Å². The zero-order valence-electron chi connectivity index (χ0n) is 26.0. The maximum atomic E-state index is 8.74. The molecule has 0 spiro atoms. The van der Waals surface area contributed by atoms with Crippen molar-refractivity contribution in [1.82, 2.24) is 0 Å². The van der Waals surface area contributed by atoms with E-state index in [0.29, 0.717) is 26.4 Å². The third-order valence-electron chi connectivity index (χ3n) is 6.13. The number of hydrogen-bond donors (Lipinski definition) is 4. The molecule has 4 N–H and O–H groups in total. The highest BCUT2D eigenvalue weighted by Crippen LogP contribution is 2.12. The van der Waals surface area contributed by atoms with Crippen molar-refractivity contribution in [3.8, 4) is 0 Å². The Morgan fingerprint density at radius 1 is 0.400 bits per heavy atom. The third-order valence-corrected chi connectivity index (χ3v) is 6.13. The van der Waals surface area contributed by atoms with Gasteiger partial charge in [-0.25, -0.2) is 0 Å². The average molecular weight is 603 g/mol. The van der Waals surface area contributed by atoms with E-state index in [1.54, 1.807) is 0 Å². The molecule has 0 unspecified atom stereocenters. The van der Waals surface area contributed by atoms with Gasteiger partial charge in [0.15, 0.2) is 0 Å². The summed E-state index contributed by atoms with van der Waals surface area (Å²) in [5.41, 5.74) is 0. The predicted molar refractivity (Wildman–Crippen MR) is 164 cm³/mol. The molecule has 246 valence electrons. The van der Waals surface area contributed by atoms with Crippen LogP contribution in [0.1, 0.15) is 142 Å². The second-order valence-corrected chi connectivity index (χ2v) is 11.0. The normalized spacial score (nSPS) is 11.1. The van der Waals surface area contributed by atoms with E-state index in [4.69, 9.17) is 41.9 Å². The fourth-order valence-corrected chi connectivity index (χ4v) is 3.94. The summed E-state index contributed by atoms with van der Waals surface area (Å²) in [6.07, 6.45) is 28.2. The van der Waals surface area contributed by atoms with Gasteiger partial charge in [0, 0.05) is 13.2 Å². The van der Waals surface area contributed by atoms with Gasteiger partial charge in [-0.1, -0.05) is 129 Å². The molecular weight excluding hydrogens is 536 g/mol. The number of unbranched alkanes of at least 4 members (excludes halogenated alkanes) is 18. The zero-order chi connectivity index (χ0) is 30.4. The molecular formula is C30H66O9S. The molecule has 9 nitrogen and oxygen atoms in total. The van der Waals surface area contributed by atoms with Crippen molar-refractivity contribution in [3.63, 3.8) is 0 Å². The molecule has 0 bridgehead atoms. The zero-order valence-corrected chi connectivity index (χ0v) is 26.9. The Balaban J connectivity index is -0.000000745. The van der Waals surface area contributed by atoms with Gasteiger partial charge in [0.1, 0.15) is 0 Å². The minimum Gasteiger partial charge on any atom is -0.394 e. The summed E-state index contributed by atoms with van der Waals surface area (Å²) in [6.45, 7) is 8.30. The van der Waals surface area contributed by atoms with Crippen LogP contribution in [-0.4, -0.2) is 80.6 Å². The van der Waals surface area contributed by atoms with Crippen LogP contribution >= 0.6 is 0 Å². The van der Waals surface area contributed by atoms with Gasteiger partial charge >= 0.3 is 10.4 Å². The standard InChI is InChI=1S/C24H50O.C6H14O4.H2O4S/c1-3-5-7-9-11-13-15-17-19-21-23-25-24-22-20-18-16-14-12-10-8-6-4-2;7-1-3-9-5-6-10-4-2-8;1-5(2,3)4/h3-24H2,1-2H3;7-8H,1-6H2;(H2,1,2,3,4). The largest absolute Gasteiger partial charge is 0.394 e. The lowest BCUT2D eigenvalue weighted by molar-refractivity contribution is 0.0222. The summed E-state index contributed by atoms with van der Waals surface area (Å²) in [5, 5.41) is 16.5. The Hall–Kier alpha value is -0.330. The SMILES string of the molecule is CCCCCCCCCCCCOCCCCCCCCCCCC.O=S(=O)(O)O.OCCOCCOCCO. The van der Waals surface area contributed by atoms with Gasteiger partial charge in [-0.15, -0.1) is 0 Å². The van der Waals surface area contributed by atoms with Crippen LogP contribution in [0.5, 0.6) is 0 Å². The lowest BCUT2D eigenvalue weighted by Gasteiger charge is -2.05. The summed E-state index contributed by atoms with van der Waals surface area (Å²) in [6, 6.07) is 0. The second kappa shape index (κ2) is 40.8. The van der Waals surface area contributed by atoms with E-state index in [9.17, 15) is 0 Å². The number of hydrogen-bond acceptors (Lipinski definition) is 7. The molecule has 0 aromatic rings. The maximum Gasteiger partial charge on any atom is 0.394 e. The predicted octanol–water partition coefficient (Wildman–Crippen LogP) is 7.20. The van der Waals surface area contributed by atoms with Crippen molar-refractivity contribution in [1.29, 1.82) is 0 Å². The smallest absolute Gasteiger partial charge is 0.394 e. The topological polar surface area (TPSA) is 143 Å². The van der Waals surface area contributed by atoms with Crippen LogP contribution in [0.2, 0.25) is 0 Å². The van der Waals surface area contributed by atoms with Crippen LogP contribution in [0.15, 0.2) is 0 Å². The molecule has 0 atom stereocenters. The first-order chi connectivity index (χ1) is 19.3. The molecule has 0 radical (unpaired) electrons. The van der Waals surface area contributed by atoms with Crippen molar-refractivity contribution >= 4 is 10.4 Å². The number of rotatable bonds is 29. The van der Waals surface area contributed by atoms with Crippen LogP contribution in [0.4, 0.5) is 0 Å². The van der Waals surface area contributed by atoms with Crippen molar-refractivity contribution in [3.05, 3.63) is 0 Å². The van der Waals surface area contributed by atoms with E-state index < -0.39 is 10.4 Å². The first-order valence-electron chi connectivity index (χ1n) is 16.0. The lowest BCUT2D eigenvalue weighted by Crippen LogP contribution is -2.09. The molecule has 10 heteroatoms. The van der Waals surface area contributed by atoms with Crippen LogP contribution in [0, 0.1) is 0 Å². The van der Waals surface area contributed by atoms with Crippen molar-refractivity contribution in [2.75, 3.05) is 52.9 Å². The molecule has 0 amide bonds. The average Bonchev–Trinajstić information content (AvgIpc) is 2.91. The highest BCUT2D eigenvalue weighted by atomic mass is 32.3. The van der Waals surface area contributed by atoms with E-state index in [0.717, 1.165) is 13.2 Å². The summed E-state index contributed by atoms with van der Waals surface area (Å²) >= 11 is 0. The van der Waals surface area contributed by atoms with E-state index in [1.165, 1.54) is 128 Å². The van der Waals surface area contributed by atoms with Crippen LogP contribution < -0.4 is 0 Å². The van der Waals surface area contributed by atoms with Gasteiger partial charge in [-0.3, -0.25) is 9.11 Å². The maximum absolute atomic E-state index is 8.74. The molecule has 0 aliphatic carbocycles. The minimum absolute atomic E-state index is 0.0417. The Kier molecular flexibility index (Phi) is 45.0. The second-order valence-electron chi connectivity index (χ2n) is 10.1. The van der Waals surface area contributed by atoms with Crippen LogP contribution in [0.25, 0.3) is 0 Å². The van der Waals surface area contributed by atoms with Gasteiger partial charge < -0.3 is 24.4 Å². The number of aliphatic hydroxyl groups is 2. The number of ether oxygens (including phenoxy) is 3. The highest BCUT2D eigenvalue weighted by Gasteiger charge is 1.95. The van der Waals surface area contributed by atoms with Gasteiger partial charge in [0.25, 0.3) is 0 Å². The lowest BCUT2D eigenvalue weighted by atomic mass is 10.1. The summed E-state index contributed by atoms with van der Waals surface area (Å²) < 4.78 is 47.1. The molecule has 0 fully saturated rings. The highest BCUT2D eigenvalue weighted by molar-refractivity contribution is 7.79. The molecule has 0 aliphatic heterocycles. The van der Waals surface area contributed by atoms with E-state index in [-0.39, 0.29) is 13.2 Å². The summed E-state index contributed by atoms with van der Waals surface area (Å²) in [4.78, 5) is 0. The molecule has 0 aliphatic rings. The van der Waals surface area contributed by atoms with E-state index in [1.807, 2.05) is 0 Å². The summed E-state index contributed by atoms with van der Waals surface area (Å²) in [7, 11) is -4.67. The van der Waals surface area contributed by atoms with Crippen molar-refractivity contribution in [2.45, 2.75) is 142 Å². The Morgan fingerprint density at radius 3 is 0.875 bits per heavy atom. The van der Waals surface area contributed by atoms with Crippen molar-refractivity contribution in [2.24, 2.45) is 0 Å². The Labute approximate surface area is 247 Å². The number of aliphatic hydroxyl groups excluding tert-OH is 2. The quantitative estimate of drug-likeness (QED) is 0.0516. The van der Waals surface area contributed by atoms with Gasteiger partial charge in [-0.2, -0.15) is 8.42 Å². The summed E-state index contributed by atoms with van der Waals surface area (Å²) in [5.74, 6) is 0. The molecule has 0 saturated carbocycles. The molecule has 0 heterocycles. The molecule has 0 saturated heterocycles. The van der Waals surface area contributed by atoms with Crippen molar-refractivity contribution < 1.29 is 41.9 Å². The molecule has 0 rings (SSSR count). The third kappa shape index (κ3) is 61.6. The fraction of sp³-hybridized carbons (Fsp3) is 1.00. The minimum atomic E-state index is -4.67. The van der Waals surface area contributed by atoms with Crippen LogP contribution in [-0.2, 0) is 24.6 Å². The van der Waals surface area contributed by atoms with Crippen LogP contribution in [0.3, 0.4) is 0 Å². The molecule has 0 aromatic carbocycles. The van der Waals surface area contributed by atoms with E-state index in [2.05, 4.69) is 13.8 Å². The van der Waals surface area contributed by atoms with Gasteiger partial charge in [-0.05, 0) is 12.8 Å². The first-order valence-corrected chi connectivity index (χ1v) is 17.4. The molecule has 40 heavy (non-hydrogen) atoms. The Morgan fingerprint density at radius 2 is 0.625 bits per heavy atom. The van der Waals surface area contributed by atoms with E-state index >= 15 is 0 Å². The monoisotopic (exact) mass is 602 g/mol. The first kappa shape index (κ1) is 44.1. The Bertz CT molecular complexity index is 481. The fourth-order valence-electron chi connectivity index (χ4n) is 3.94. The van der Waals surface area contributed by atoms with Gasteiger partial charge in [0.2, 0.25) is 0 Å².